The molecule has 4 heteroatoms. The van der Waals surface area contributed by atoms with E-state index in [1.54, 1.807) is 18.2 Å². The van der Waals surface area contributed by atoms with Gasteiger partial charge in [-0.3, -0.25) is 5.41 Å². The second kappa shape index (κ2) is 4.33. The van der Waals surface area contributed by atoms with E-state index in [0.29, 0.717) is 16.3 Å². The Labute approximate surface area is 88.3 Å². The largest absolute Gasteiger partial charge is 0.491 e. The number of ether oxygens (including phenoxy) is 1. The minimum Gasteiger partial charge on any atom is -0.491 e. The second-order valence-corrected chi connectivity index (χ2v) is 3.63. The van der Waals surface area contributed by atoms with Crippen LogP contribution in [-0.4, -0.2) is 11.9 Å². The normalized spacial score (nSPS) is 10.3. The molecule has 1 aromatic rings. The van der Waals surface area contributed by atoms with Crippen LogP contribution in [0.2, 0.25) is 5.02 Å². The SMILES string of the molecule is CC(C)Oc1ccc(C(=N)N)c(Cl)c1. The van der Waals surface area contributed by atoms with Crippen molar-refractivity contribution in [3.05, 3.63) is 28.8 Å². The number of rotatable bonds is 3. The smallest absolute Gasteiger partial charge is 0.124 e. The molecule has 0 heterocycles. The van der Waals surface area contributed by atoms with Crippen molar-refractivity contribution in [3.8, 4) is 5.75 Å². The van der Waals surface area contributed by atoms with Gasteiger partial charge in [0.25, 0.3) is 0 Å². The van der Waals surface area contributed by atoms with Gasteiger partial charge in [-0.2, -0.15) is 0 Å². The van der Waals surface area contributed by atoms with E-state index in [1.165, 1.54) is 0 Å². The van der Waals surface area contributed by atoms with Crippen LogP contribution in [0, 0.1) is 5.41 Å². The first-order valence-electron chi connectivity index (χ1n) is 4.31. The van der Waals surface area contributed by atoms with E-state index in [1.807, 2.05) is 13.8 Å². The molecule has 0 saturated heterocycles. The van der Waals surface area contributed by atoms with Crippen molar-refractivity contribution in [2.75, 3.05) is 0 Å². The molecule has 3 N–H and O–H groups in total. The fourth-order valence-corrected chi connectivity index (χ4v) is 1.33. The summed E-state index contributed by atoms with van der Waals surface area (Å²) in [5, 5.41) is 7.68. The predicted octanol–water partition coefficient (Wildman–Crippen LogP) is 2.41. The van der Waals surface area contributed by atoms with Crippen molar-refractivity contribution in [3.63, 3.8) is 0 Å². The van der Waals surface area contributed by atoms with Crippen molar-refractivity contribution in [1.29, 1.82) is 5.41 Å². The lowest BCUT2D eigenvalue weighted by molar-refractivity contribution is 0.242. The van der Waals surface area contributed by atoms with Crippen LogP contribution in [0.1, 0.15) is 19.4 Å². The average molecular weight is 213 g/mol. The minimum absolute atomic E-state index is 0.0360. The Morgan fingerprint density at radius 2 is 2.14 bits per heavy atom. The maximum Gasteiger partial charge on any atom is 0.124 e. The number of nitrogens with two attached hydrogens (primary N) is 1. The lowest BCUT2D eigenvalue weighted by atomic mass is 10.2. The van der Waals surface area contributed by atoms with Gasteiger partial charge in [0.15, 0.2) is 0 Å². The molecule has 14 heavy (non-hydrogen) atoms. The van der Waals surface area contributed by atoms with Gasteiger partial charge in [0.2, 0.25) is 0 Å². The molecule has 0 spiro atoms. The highest BCUT2D eigenvalue weighted by atomic mass is 35.5. The van der Waals surface area contributed by atoms with Crippen LogP contribution >= 0.6 is 11.6 Å². The third kappa shape index (κ3) is 2.64. The van der Waals surface area contributed by atoms with E-state index in [4.69, 9.17) is 27.5 Å². The molecule has 0 aliphatic heterocycles. The maximum atomic E-state index is 7.24. The molecule has 0 amide bonds. The number of amidine groups is 1. The molecule has 0 aliphatic rings. The van der Waals surface area contributed by atoms with Crippen molar-refractivity contribution in [2.24, 2.45) is 5.73 Å². The second-order valence-electron chi connectivity index (χ2n) is 3.22. The predicted molar refractivity (Wildman–Crippen MR) is 58.2 cm³/mol. The van der Waals surface area contributed by atoms with Crippen LogP contribution in [0.25, 0.3) is 0 Å². The summed E-state index contributed by atoms with van der Waals surface area (Å²) in [6, 6.07) is 5.10. The standard InChI is InChI=1S/C10H13ClN2O/c1-6(2)14-7-3-4-8(10(12)13)9(11)5-7/h3-6H,1-2H3,(H3,12,13). The highest BCUT2D eigenvalue weighted by molar-refractivity contribution is 6.34. The van der Waals surface area contributed by atoms with E-state index in [2.05, 4.69) is 0 Å². The highest BCUT2D eigenvalue weighted by Gasteiger charge is 2.05. The Morgan fingerprint density at radius 1 is 1.50 bits per heavy atom. The van der Waals surface area contributed by atoms with E-state index >= 15 is 0 Å². The third-order valence-electron chi connectivity index (χ3n) is 1.60. The summed E-state index contributed by atoms with van der Waals surface area (Å²) >= 11 is 5.91. The first-order valence-corrected chi connectivity index (χ1v) is 4.69. The lowest BCUT2D eigenvalue weighted by Gasteiger charge is -2.10. The molecule has 0 bridgehead atoms. The zero-order chi connectivity index (χ0) is 10.7. The summed E-state index contributed by atoms with van der Waals surface area (Å²) in [5.41, 5.74) is 5.85. The molecule has 0 unspecified atom stereocenters. The molecule has 1 rings (SSSR count). The van der Waals surface area contributed by atoms with Gasteiger partial charge in [-0.25, -0.2) is 0 Å². The summed E-state index contributed by atoms with van der Waals surface area (Å²) in [6.45, 7) is 3.87. The molecular weight excluding hydrogens is 200 g/mol. The zero-order valence-corrected chi connectivity index (χ0v) is 8.93. The lowest BCUT2D eigenvalue weighted by Crippen LogP contribution is -2.12. The molecule has 0 radical (unpaired) electrons. The summed E-state index contributed by atoms with van der Waals surface area (Å²) in [7, 11) is 0. The van der Waals surface area contributed by atoms with Crippen molar-refractivity contribution >= 4 is 17.4 Å². The molecule has 0 aliphatic carbocycles. The van der Waals surface area contributed by atoms with Crippen LogP contribution in [0.15, 0.2) is 18.2 Å². The Bertz CT molecular complexity index is 350. The minimum atomic E-state index is -0.0360. The molecule has 0 aromatic heterocycles. The molecule has 76 valence electrons. The Hall–Kier alpha value is -1.22. The zero-order valence-electron chi connectivity index (χ0n) is 8.17. The summed E-state index contributed by atoms with van der Waals surface area (Å²) in [5.74, 6) is 0.654. The molecular formula is C10H13ClN2O. The van der Waals surface area contributed by atoms with Crippen LogP contribution in [0.4, 0.5) is 0 Å². The number of benzene rings is 1. The van der Waals surface area contributed by atoms with E-state index < -0.39 is 0 Å². The summed E-state index contributed by atoms with van der Waals surface area (Å²) < 4.78 is 5.43. The maximum absolute atomic E-state index is 7.24. The Kier molecular flexibility index (Phi) is 3.36. The fourth-order valence-electron chi connectivity index (χ4n) is 1.06. The number of nitrogens with one attached hydrogen (secondary N) is 1. The van der Waals surface area contributed by atoms with Gasteiger partial charge in [0.05, 0.1) is 11.1 Å². The molecule has 3 nitrogen and oxygen atoms in total. The van der Waals surface area contributed by atoms with E-state index in [0.717, 1.165) is 0 Å². The topological polar surface area (TPSA) is 59.1 Å². The highest BCUT2D eigenvalue weighted by Crippen LogP contribution is 2.22. The quantitative estimate of drug-likeness (QED) is 0.597. The number of hydrogen-bond donors (Lipinski definition) is 2. The number of hydrogen-bond acceptors (Lipinski definition) is 2. The number of nitrogen functional groups attached to an aromatic ring is 1. The van der Waals surface area contributed by atoms with Crippen LogP contribution in [0.3, 0.4) is 0 Å². The van der Waals surface area contributed by atoms with Gasteiger partial charge < -0.3 is 10.5 Å². The first kappa shape index (κ1) is 10.9. The van der Waals surface area contributed by atoms with Crippen molar-refractivity contribution in [1.82, 2.24) is 0 Å². The van der Waals surface area contributed by atoms with Crippen LogP contribution in [-0.2, 0) is 0 Å². The Balaban J connectivity index is 2.94. The van der Waals surface area contributed by atoms with Gasteiger partial charge in [-0.1, -0.05) is 11.6 Å². The number of halogens is 1. The monoisotopic (exact) mass is 212 g/mol. The first-order chi connectivity index (χ1) is 6.50. The summed E-state index contributed by atoms with van der Waals surface area (Å²) in [4.78, 5) is 0. The van der Waals surface area contributed by atoms with Crippen molar-refractivity contribution < 1.29 is 4.74 Å². The van der Waals surface area contributed by atoms with Crippen LogP contribution < -0.4 is 10.5 Å². The third-order valence-corrected chi connectivity index (χ3v) is 1.92. The van der Waals surface area contributed by atoms with Gasteiger partial charge in [0.1, 0.15) is 11.6 Å². The average Bonchev–Trinajstić information content (AvgIpc) is 2.01. The van der Waals surface area contributed by atoms with Gasteiger partial charge in [-0.15, -0.1) is 0 Å². The molecule has 1 aromatic carbocycles. The van der Waals surface area contributed by atoms with Crippen molar-refractivity contribution in [2.45, 2.75) is 20.0 Å². The van der Waals surface area contributed by atoms with Gasteiger partial charge in [-0.05, 0) is 32.0 Å². The van der Waals surface area contributed by atoms with Crippen LogP contribution in [0.5, 0.6) is 5.75 Å². The molecule has 0 saturated carbocycles. The fraction of sp³-hybridized carbons (Fsp3) is 0.300. The molecule has 0 fully saturated rings. The van der Waals surface area contributed by atoms with E-state index in [9.17, 15) is 0 Å². The Morgan fingerprint density at radius 3 is 2.57 bits per heavy atom. The molecule has 0 atom stereocenters. The summed E-state index contributed by atoms with van der Waals surface area (Å²) in [6.07, 6.45) is 0.106. The van der Waals surface area contributed by atoms with Gasteiger partial charge in [0, 0.05) is 5.56 Å². The van der Waals surface area contributed by atoms with E-state index in [-0.39, 0.29) is 11.9 Å². The van der Waals surface area contributed by atoms with Gasteiger partial charge >= 0.3 is 0 Å².